The Morgan fingerprint density at radius 2 is 1.36 bits per heavy atom. The van der Waals surface area contributed by atoms with Crippen molar-refractivity contribution in [3.8, 4) is 16.9 Å². The van der Waals surface area contributed by atoms with E-state index in [1.807, 2.05) is 48.5 Å². The zero-order valence-electron chi connectivity index (χ0n) is 13.3. The molecular weight excluding hydrogens is 316 g/mol. The molecule has 0 saturated carbocycles. The second kappa shape index (κ2) is 4.83. The fraction of sp³-hybridized carbons (Fsp3) is 0.100. The maximum absolute atomic E-state index is 13.0. The van der Waals surface area contributed by atoms with E-state index in [2.05, 4.69) is 0 Å². The molecule has 0 amide bonds. The molecule has 0 atom stereocenters. The monoisotopic (exact) mass is 330 g/mol. The zero-order valence-corrected chi connectivity index (χ0v) is 13.3. The molecule has 0 spiro atoms. The van der Waals surface area contributed by atoms with Gasteiger partial charge in [0, 0.05) is 23.9 Å². The van der Waals surface area contributed by atoms with Gasteiger partial charge in [-0.05, 0) is 11.6 Å². The number of benzene rings is 2. The number of rotatable bonds is 1. The predicted molar refractivity (Wildman–Crippen MR) is 97.1 cm³/mol. The summed E-state index contributed by atoms with van der Waals surface area (Å²) < 4.78 is 3.19. The molecule has 0 radical (unpaired) electrons. The molecule has 4 aromatic rings. The Bertz CT molecular complexity index is 1280. The maximum Gasteiger partial charge on any atom is 0.263 e. The van der Waals surface area contributed by atoms with Crippen LogP contribution in [0.5, 0.6) is 5.75 Å². The minimum absolute atomic E-state index is 0.0608. The third kappa shape index (κ3) is 1.72. The lowest BCUT2D eigenvalue weighted by Gasteiger charge is -2.13. The highest BCUT2D eigenvalue weighted by Crippen LogP contribution is 2.37. The number of fused-ring (bicyclic) bond motifs is 2. The quantitative estimate of drug-likeness (QED) is 0.546. The van der Waals surface area contributed by atoms with E-state index in [4.69, 9.17) is 0 Å². The number of aromatic nitrogens is 2. The predicted octanol–water partition coefficient (Wildman–Crippen LogP) is 2.70. The van der Waals surface area contributed by atoms with Gasteiger partial charge in [-0.1, -0.05) is 48.5 Å². The zero-order chi connectivity index (χ0) is 17.1. The summed E-state index contributed by atoms with van der Waals surface area (Å²) in [5, 5.41) is 12.8. The third-order valence-corrected chi connectivity index (χ3v) is 4.95. The van der Waals surface area contributed by atoms with E-state index in [9.17, 15) is 14.7 Å². The van der Waals surface area contributed by atoms with Gasteiger partial charge in [-0.15, -0.1) is 0 Å². The molecular formula is C20H14N2O3. The number of hydrogen-bond acceptors (Lipinski definition) is 3. The Balaban J connectivity index is 2.10. The molecule has 0 saturated heterocycles. The van der Waals surface area contributed by atoms with E-state index < -0.39 is 0 Å². The van der Waals surface area contributed by atoms with E-state index in [0.29, 0.717) is 40.5 Å². The van der Waals surface area contributed by atoms with Crippen molar-refractivity contribution in [1.29, 1.82) is 0 Å². The first-order chi connectivity index (χ1) is 12.2. The molecule has 5 rings (SSSR count). The van der Waals surface area contributed by atoms with Crippen molar-refractivity contribution in [2.45, 2.75) is 13.1 Å². The first kappa shape index (κ1) is 14.0. The van der Waals surface area contributed by atoms with Gasteiger partial charge in [0.05, 0.1) is 10.9 Å². The van der Waals surface area contributed by atoms with Crippen LogP contribution in [0.2, 0.25) is 0 Å². The van der Waals surface area contributed by atoms with Crippen molar-refractivity contribution in [2.24, 2.45) is 0 Å². The average Bonchev–Trinajstić information content (AvgIpc) is 3.08. The highest BCUT2D eigenvalue weighted by Gasteiger charge is 2.26. The highest BCUT2D eigenvalue weighted by atomic mass is 16.3. The van der Waals surface area contributed by atoms with Crippen LogP contribution in [-0.4, -0.2) is 14.2 Å². The van der Waals surface area contributed by atoms with Crippen molar-refractivity contribution in [3.63, 3.8) is 0 Å². The SMILES string of the molecule is O=c1c(-c2ccccc2)c(O)c2c3ccccc3c(=O)n3c2n1CC3. The molecule has 0 unspecified atom stereocenters. The standard InChI is InChI=1S/C20H14N2O3/c23-17-15(12-6-2-1-3-7-12)20(25)22-11-10-21-18(22)16(17)13-8-4-5-9-14(13)19(21)24/h1-9,23H,10-11H2. The molecule has 122 valence electrons. The maximum atomic E-state index is 13.0. The normalized spacial score (nSPS) is 13.0. The Labute approximate surface area is 142 Å². The molecule has 1 aliphatic rings. The Hall–Kier alpha value is -3.34. The molecule has 3 heterocycles. The smallest absolute Gasteiger partial charge is 0.263 e. The molecule has 5 nitrogen and oxygen atoms in total. The van der Waals surface area contributed by atoms with E-state index >= 15 is 0 Å². The Morgan fingerprint density at radius 3 is 2.08 bits per heavy atom. The summed E-state index contributed by atoms with van der Waals surface area (Å²) in [5.74, 6) is -0.0608. The van der Waals surface area contributed by atoms with Gasteiger partial charge in [-0.2, -0.15) is 0 Å². The summed E-state index contributed by atoms with van der Waals surface area (Å²) in [5.41, 5.74) is 1.07. The largest absolute Gasteiger partial charge is 0.506 e. The Kier molecular flexibility index (Phi) is 2.71. The summed E-state index contributed by atoms with van der Waals surface area (Å²) in [6, 6.07) is 16.4. The van der Waals surface area contributed by atoms with Gasteiger partial charge in [-0.3, -0.25) is 18.7 Å². The van der Waals surface area contributed by atoms with Crippen LogP contribution in [0, 0.1) is 0 Å². The van der Waals surface area contributed by atoms with Crippen LogP contribution in [0.25, 0.3) is 32.9 Å². The molecule has 25 heavy (non-hydrogen) atoms. The molecule has 0 aliphatic carbocycles. The number of aromatic hydroxyl groups is 1. The summed E-state index contributed by atoms with van der Waals surface area (Å²) >= 11 is 0. The van der Waals surface area contributed by atoms with Gasteiger partial charge >= 0.3 is 0 Å². The Morgan fingerprint density at radius 1 is 0.760 bits per heavy atom. The summed E-state index contributed by atoms with van der Waals surface area (Å²) in [7, 11) is 0. The molecule has 1 aliphatic heterocycles. The number of hydrogen-bond donors (Lipinski definition) is 1. The van der Waals surface area contributed by atoms with Crippen LogP contribution in [-0.2, 0) is 13.1 Å². The van der Waals surface area contributed by atoms with Gasteiger partial charge in [0.1, 0.15) is 11.4 Å². The van der Waals surface area contributed by atoms with Crippen LogP contribution in [0.1, 0.15) is 0 Å². The first-order valence-electron chi connectivity index (χ1n) is 8.15. The van der Waals surface area contributed by atoms with Crippen molar-refractivity contribution in [2.75, 3.05) is 0 Å². The van der Waals surface area contributed by atoms with Gasteiger partial charge in [0.25, 0.3) is 11.1 Å². The van der Waals surface area contributed by atoms with E-state index in [1.54, 1.807) is 15.2 Å². The van der Waals surface area contributed by atoms with Crippen molar-refractivity contribution >= 4 is 21.8 Å². The van der Waals surface area contributed by atoms with Gasteiger partial charge < -0.3 is 5.11 Å². The molecule has 0 fully saturated rings. The second-order valence-electron chi connectivity index (χ2n) is 6.25. The summed E-state index contributed by atoms with van der Waals surface area (Å²) in [4.78, 5) is 25.8. The third-order valence-electron chi connectivity index (χ3n) is 4.95. The lowest BCUT2D eigenvalue weighted by atomic mass is 10.0. The molecule has 5 heteroatoms. The van der Waals surface area contributed by atoms with Gasteiger partial charge in [0.2, 0.25) is 0 Å². The minimum Gasteiger partial charge on any atom is -0.506 e. The average molecular weight is 330 g/mol. The second-order valence-corrected chi connectivity index (χ2v) is 6.25. The van der Waals surface area contributed by atoms with Crippen LogP contribution in [0.4, 0.5) is 0 Å². The van der Waals surface area contributed by atoms with Crippen molar-refractivity contribution < 1.29 is 5.11 Å². The topological polar surface area (TPSA) is 64.2 Å². The molecule has 2 aromatic heterocycles. The van der Waals surface area contributed by atoms with Crippen LogP contribution < -0.4 is 11.1 Å². The van der Waals surface area contributed by atoms with E-state index in [0.717, 1.165) is 0 Å². The molecule has 2 aromatic carbocycles. The van der Waals surface area contributed by atoms with Crippen LogP contribution >= 0.6 is 0 Å². The van der Waals surface area contributed by atoms with Crippen molar-refractivity contribution in [1.82, 2.24) is 9.13 Å². The van der Waals surface area contributed by atoms with Crippen LogP contribution in [0.3, 0.4) is 0 Å². The lowest BCUT2D eigenvalue weighted by Crippen LogP contribution is -2.22. The van der Waals surface area contributed by atoms with Gasteiger partial charge in [-0.25, -0.2) is 0 Å². The number of nitrogens with zero attached hydrogens (tertiary/aromatic N) is 2. The molecule has 0 bridgehead atoms. The highest BCUT2D eigenvalue weighted by molar-refractivity contribution is 6.10. The van der Waals surface area contributed by atoms with Gasteiger partial charge in [0.15, 0.2) is 0 Å². The first-order valence-corrected chi connectivity index (χ1v) is 8.15. The number of pyridine rings is 2. The van der Waals surface area contributed by atoms with E-state index in [-0.39, 0.29) is 22.4 Å². The fourth-order valence-corrected chi connectivity index (χ4v) is 3.84. The fourth-order valence-electron chi connectivity index (χ4n) is 3.84. The summed E-state index contributed by atoms with van der Waals surface area (Å²) in [6.45, 7) is 0.869. The van der Waals surface area contributed by atoms with Crippen molar-refractivity contribution in [3.05, 3.63) is 75.3 Å². The minimum atomic E-state index is -0.267. The lowest BCUT2D eigenvalue weighted by molar-refractivity contribution is 0.482. The van der Waals surface area contributed by atoms with E-state index in [1.165, 1.54) is 0 Å². The number of aryl methyl sites for hydroxylation is 2. The summed E-state index contributed by atoms with van der Waals surface area (Å²) in [6.07, 6.45) is 0. The van der Waals surface area contributed by atoms with Crippen LogP contribution in [0.15, 0.2) is 64.2 Å². The molecule has 1 N–H and O–H groups in total.